The fourth-order valence-electron chi connectivity index (χ4n) is 2.18. The van der Waals surface area contributed by atoms with Gasteiger partial charge in [0.15, 0.2) is 5.06 Å². The summed E-state index contributed by atoms with van der Waals surface area (Å²) < 4.78 is 23.6. The van der Waals surface area contributed by atoms with E-state index >= 15 is 0 Å². The molecule has 0 saturated heterocycles. The van der Waals surface area contributed by atoms with Crippen LogP contribution in [0.5, 0.6) is 5.06 Å². The molecule has 1 aromatic carbocycles. The monoisotopic (exact) mass is 376 g/mol. The number of esters is 2. The van der Waals surface area contributed by atoms with Gasteiger partial charge in [0.05, 0.1) is 6.61 Å². The second-order valence-electron chi connectivity index (χ2n) is 4.91. The van der Waals surface area contributed by atoms with E-state index < -0.39 is 11.9 Å². The zero-order valence-electron chi connectivity index (χ0n) is 13.2. The summed E-state index contributed by atoms with van der Waals surface area (Å²) in [5.74, 6) is -1.49. The summed E-state index contributed by atoms with van der Waals surface area (Å²) in [5, 5.41) is 3.62. The van der Waals surface area contributed by atoms with E-state index in [-0.39, 0.29) is 23.1 Å². The fraction of sp³-hybridized carbons (Fsp3) is 0.111. The molecule has 0 aliphatic carbocycles. The van der Waals surface area contributed by atoms with Crippen molar-refractivity contribution >= 4 is 34.6 Å². The molecule has 0 aliphatic rings. The number of ether oxygens (including phenoxy) is 2. The van der Waals surface area contributed by atoms with Crippen molar-refractivity contribution in [3.05, 3.63) is 63.4 Å². The maximum atomic E-state index is 13.2. The molecule has 0 N–H and O–H groups in total. The quantitative estimate of drug-likeness (QED) is 0.587. The SMILES string of the molecule is CCOC(=O)c1c(-c2ccc(F)cc2)csc1OC(=O)c1cccs1. The lowest BCUT2D eigenvalue weighted by Gasteiger charge is -2.07. The third kappa shape index (κ3) is 3.78. The highest BCUT2D eigenvalue weighted by Gasteiger charge is 2.25. The Morgan fingerprint density at radius 1 is 1.08 bits per heavy atom. The number of hydrogen-bond acceptors (Lipinski definition) is 6. The van der Waals surface area contributed by atoms with Gasteiger partial charge >= 0.3 is 11.9 Å². The largest absolute Gasteiger partial charge is 0.462 e. The highest BCUT2D eigenvalue weighted by atomic mass is 32.1. The molecule has 4 nitrogen and oxygen atoms in total. The molecule has 2 heterocycles. The molecule has 128 valence electrons. The Bertz CT molecular complexity index is 882. The van der Waals surface area contributed by atoms with Crippen molar-refractivity contribution in [1.82, 2.24) is 0 Å². The van der Waals surface area contributed by atoms with Gasteiger partial charge in [-0.05, 0) is 36.1 Å². The minimum Gasteiger partial charge on any atom is -0.462 e. The molecule has 3 aromatic rings. The summed E-state index contributed by atoms with van der Waals surface area (Å²) >= 11 is 2.37. The van der Waals surface area contributed by atoms with Crippen molar-refractivity contribution in [2.24, 2.45) is 0 Å². The molecule has 0 amide bonds. The van der Waals surface area contributed by atoms with Crippen LogP contribution in [0.15, 0.2) is 47.2 Å². The van der Waals surface area contributed by atoms with Crippen LogP contribution in [0, 0.1) is 5.82 Å². The van der Waals surface area contributed by atoms with Crippen LogP contribution in [0.2, 0.25) is 0 Å². The number of rotatable bonds is 5. The third-order valence-electron chi connectivity index (χ3n) is 3.30. The molecule has 0 unspecified atom stereocenters. The Hall–Kier alpha value is -2.51. The molecule has 0 aliphatic heterocycles. The third-order valence-corrected chi connectivity index (χ3v) is 5.00. The van der Waals surface area contributed by atoms with Crippen LogP contribution < -0.4 is 4.74 Å². The number of hydrogen-bond donors (Lipinski definition) is 0. The Labute approximate surface area is 151 Å². The summed E-state index contributed by atoms with van der Waals surface area (Å²) in [6.45, 7) is 1.88. The minimum atomic E-state index is -0.586. The first-order chi connectivity index (χ1) is 12.1. The number of thiophene rings is 2. The van der Waals surface area contributed by atoms with Crippen LogP contribution in [-0.4, -0.2) is 18.5 Å². The molecule has 2 aromatic heterocycles. The minimum absolute atomic E-state index is 0.163. The average molecular weight is 376 g/mol. The van der Waals surface area contributed by atoms with Crippen molar-refractivity contribution in [1.29, 1.82) is 0 Å². The van der Waals surface area contributed by atoms with Crippen LogP contribution in [0.4, 0.5) is 4.39 Å². The van der Waals surface area contributed by atoms with E-state index in [9.17, 15) is 14.0 Å². The summed E-state index contributed by atoms with van der Waals surface area (Å²) in [7, 11) is 0. The van der Waals surface area contributed by atoms with Crippen molar-refractivity contribution in [3.63, 3.8) is 0 Å². The maximum absolute atomic E-state index is 13.2. The molecule has 0 fully saturated rings. The van der Waals surface area contributed by atoms with Gasteiger partial charge in [0, 0.05) is 10.9 Å². The first-order valence-electron chi connectivity index (χ1n) is 7.40. The lowest BCUT2D eigenvalue weighted by molar-refractivity contribution is 0.0523. The zero-order chi connectivity index (χ0) is 17.8. The molecule has 3 rings (SSSR count). The summed E-state index contributed by atoms with van der Waals surface area (Å²) in [4.78, 5) is 25.0. The van der Waals surface area contributed by atoms with Gasteiger partial charge < -0.3 is 9.47 Å². The van der Waals surface area contributed by atoms with Gasteiger partial charge in [-0.15, -0.1) is 22.7 Å². The van der Waals surface area contributed by atoms with E-state index in [0.29, 0.717) is 16.0 Å². The molecule has 25 heavy (non-hydrogen) atoms. The molecule has 0 atom stereocenters. The summed E-state index contributed by atoms with van der Waals surface area (Å²) in [6, 6.07) is 9.12. The van der Waals surface area contributed by atoms with E-state index in [2.05, 4.69) is 0 Å². The van der Waals surface area contributed by atoms with Crippen LogP contribution in [0.3, 0.4) is 0 Å². The first-order valence-corrected chi connectivity index (χ1v) is 9.16. The second-order valence-corrected chi connectivity index (χ2v) is 6.70. The highest BCUT2D eigenvalue weighted by Crippen LogP contribution is 2.38. The number of benzene rings is 1. The van der Waals surface area contributed by atoms with Crippen LogP contribution in [0.25, 0.3) is 11.1 Å². The lowest BCUT2D eigenvalue weighted by atomic mass is 10.0. The van der Waals surface area contributed by atoms with Gasteiger partial charge in [-0.1, -0.05) is 18.2 Å². The number of halogens is 1. The Balaban J connectivity index is 1.99. The Morgan fingerprint density at radius 3 is 2.48 bits per heavy atom. The van der Waals surface area contributed by atoms with E-state index in [1.807, 2.05) is 0 Å². The molecule has 0 spiro atoms. The van der Waals surface area contributed by atoms with Crippen molar-refractivity contribution < 1.29 is 23.5 Å². The van der Waals surface area contributed by atoms with Gasteiger partial charge in [0.2, 0.25) is 0 Å². The number of carbonyl (C=O) groups is 2. The molecular formula is C18H13FO4S2. The fourth-order valence-corrected chi connectivity index (χ4v) is 3.70. The van der Waals surface area contributed by atoms with E-state index in [0.717, 1.165) is 11.3 Å². The summed E-state index contributed by atoms with van der Waals surface area (Å²) in [5.41, 5.74) is 1.35. The smallest absolute Gasteiger partial charge is 0.354 e. The topological polar surface area (TPSA) is 52.6 Å². The van der Waals surface area contributed by atoms with Crippen molar-refractivity contribution in [2.45, 2.75) is 6.92 Å². The van der Waals surface area contributed by atoms with Gasteiger partial charge in [-0.2, -0.15) is 0 Å². The maximum Gasteiger partial charge on any atom is 0.354 e. The van der Waals surface area contributed by atoms with Crippen LogP contribution in [-0.2, 0) is 4.74 Å². The Morgan fingerprint density at radius 2 is 1.84 bits per heavy atom. The molecular weight excluding hydrogens is 363 g/mol. The highest BCUT2D eigenvalue weighted by molar-refractivity contribution is 7.13. The van der Waals surface area contributed by atoms with Crippen LogP contribution in [0.1, 0.15) is 27.0 Å². The van der Waals surface area contributed by atoms with Crippen molar-refractivity contribution in [2.75, 3.05) is 6.61 Å². The van der Waals surface area contributed by atoms with Gasteiger partial charge in [-0.3, -0.25) is 0 Å². The molecule has 7 heteroatoms. The standard InChI is InChI=1S/C18H13FO4S2/c1-2-22-17(21)15-13(11-5-7-12(19)8-6-11)10-25-18(15)23-16(20)14-4-3-9-24-14/h3-10H,2H2,1H3. The predicted octanol–water partition coefficient (Wildman–Crippen LogP) is 5.01. The van der Waals surface area contributed by atoms with E-state index in [1.54, 1.807) is 41.9 Å². The first kappa shape index (κ1) is 17.3. The van der Waals surface area contributed by atoms with Crippen molar-refractivity contribution in [3.8, 4) is 16.2 Å². The Kier molecular flexibility index (Phi) is 5.25. The zero-order valence-corrected chi connectivity index (χ0v) is 14.8. The average Bonchev–Trinajstić information content (AvgIpc) is 3.25. The van der Waals surface area contributed by atoms with E-state index in [1.165, 1.54) is 23.5 Å². The van der Waals surface area contributed by atoms with Gasteiger partial charge in [0.25, 0.3) is 0 Å². The van der Waals surface area contributed by atoms with Crippen LogP contribution >= 0.6 is 22.7 Å². The molecule has 0 bridgehead atoms. The van der Waals surface area contributed by atoms with Gasteiger partial charge in [0.1, 0.15) is 16.3 Å². The number of carbonyl (C=O) groups excluding carboxylic acids is 2. The molecule has 0 radical (unpaired) electrons. The predicted molar refractivity (Wildman–Crippen MR) is 94.9 cm³/mol. The van der Waals surface area contributed by atoms with Gasteiger partial charge in [-0.25, -0.2) is 14.0 Å². The molecule has 0 saturated carbocycles. The van der Waals surface area contributed by atoms with E-state index in [4.69, 9.17) is 9.47 Å². The normalized spacial score (nSPS) is 10.5. The second kappa shape index (κ2) is 7.58. The lowest BCUT2D eigenvalue weighted by Crippen LogP contribution is -2.11. The summed E-state index contributed by atoms with van der Waals surface area (Å²) in [6.07, 6.45) is 0.